The smallest absolute Gasteiger partial charge is 0.129 e. The molecule has 8 heavy (non-hydrogen) atoms. The van der Waals surface area contributed by atoms with Crippen molar-refractivity contribution in [2.45, 2.75) is 0 Å². The number of hydrogen-bond acceptors (Lipinski definition) is 1. The van der Waals surface area contributed by atoms with Crippen LogP contribution in [0, 0.1) is 0 Å². The van der Waals surface area contributed by atoms with Gasteiger partial charge in [0.15, 0.2) is 0 Å². The lowest BCUT2D eigenvalue weighted by Gasteiger charge is -1.79. The van der Waals surface area contributed by atoms with E-state index < -0.39 is 0 Å². The molecule has 0 spiro atoms. The molecule has 0 aromatic carbocycles. The Morgan fingerprint density at radius 3 is 2.38 bits per heavy atom. The second-order valence-corrected chi connectivity index (χ2v) is 1.54. The maximum absolute atomic E-state index is 5.43. The summed E-state index contributed by atoms with van der Waals surface area (Å²) in [4.78, 5) is 3.74. The van der Waals surface area contributed by atoms with E-state index in [1.807, 2.05) is 12.1 Å². The first-order chi connectivity index (χ1) is 3.39. The van der Waals surface area contributed by atoms with Gasteiger partial charge in [0.05, 0.1) is 0 Å². The summed E-state index contributed by atoms with van der Waals surface area (Å²) >= 11 is 5.43. The van der Waals surface area contributed by atoms with Crippen molar-refractivity contribution < 1.29 is 0 Å². The third kappa shape index (κ3) is 2.28. The molecule has 0 unspecified atom stereocenters. The highest BCUT2D eigenvalue weighted by molar-refractivity contribution is 8.93. The van der Waals surface area contributed by atoms with Crippen molar-refractivity contribution in [1.29, 1.82) is 0 Å². The van der Waals surface area contributed by atoms with Gasteiger partial charge in [0.25, 0.3) is 0 Å². The molecule has 0 saturated carbocycles. The van der Waals surface area contributed by atoms with Crippen molar-refractivity contribution >= 4 is 28.6 Å². The van der Waals surface area contributed by atoms with Gasteiger partial charge in [-0.3, -0.25) is 0 Å². The van der Waals surface area contributed by atoms with Gasteiger partial charge in [-0.05, 0) is 12.1 Å². The Balaban J connectivity index is 0.000000490. The molecule has 0 aliphatic carbocycles. The highest BCUT2D eigenvalue weighted by Crippen LogP contribution is 1.98. The standard InChI is InChI=1S/C5H4ClN.BrH/c6-5-3-1-2-4-7-5;/h1-4H;1H. The minimum Gasteiger partial charge on any atom is -0.245 e. The van der Waals surface area contributed by atoms with Crippen molar-refractivity contribution in [3.63, 3.8) is 0 Å². The zero-order chi connectivity index (χ0) is 5.11. The van der Waals surface area contributed by atoms with Gasteiger partial charge < -0.3 is 0 Å². The fourth-order valence-electron chi connectivity index (χ4n) is 0.342. The molecule has 1 aromatic rings. The Labute approximate surface area is 63.5 Å². The molecule has 0 aliphatic rings. The van der Waals surface area contributed by atoms with Gasteiger partial charge in [-0.1, -0.05) is 17.7 Å². The molecule has 1 nitrogen and oxygen atoms in total. The third-order valence-corrected chi connectivity index (χ3v) is 0.852. The van der Waals surface area contributed by atoms with Gasteiger partial charge in [0.1, 0.15) is 5.15 Å². The molecule has 0 aliphatic heterocycles. The molecule has 0 N–H and O–H groups in total. The number of hydrogen-bond donors (Lipinski definition) is 0. The van der Waals surface area contributed by atoms with E-state index in [1.165, 1.54) is 0 Å². The molecular weight excluding hydrogens is 189 g/mol. The fraction of sp³-hybridized carbons (Fsp3) is 0. The van der Waals surface area contributed by atoms with Crippen LogP contribution in [0.3, 0.4) is 0 Å². The molecule has 1 aromatic heterocycles. The van der Waals surface area contributed by atoms with E-state index in [2.05, 4.69) is 4.98 Å². The van der Waals surface area contributed by atoms with Crippen LogP contribution in [0.25, 0.3) is 0 Å². The lowest BCUT2D eigenvalue weighted by Crippen LogP contribution is -1.65. The van der Waals surface area contributed by atoms with Gasteiger partial charge in [-0.15, -0.1) is 17.0 Å². The van der Waals surface area contributed by atoms with E-state index >= 15 is 0 Å². The summed E-state index contributed by atoms with van der Waals surface area (Å²) in [6.07, 6.45) is 1.66. The van der Waals surface area contributed by atoms with E-state index in [0.29, 0.717) is 5.15 Å². The van der Waals surface area contributed by atoms with Gasteiger partial charge in [-0.2, -0.15) is 0 Å². The van der Waals surface area contributed by atoms with Crippen LogP contribution in [0.15, 0.2) is 24.4 Å². The summed E-state index contributed by atoms with van der Waals surface area (Å²) in [7, 11) is 0. The normalized spacial score (nSPS) is 7.62. The molecule has 0 amide bonds. The monoisotopic (exact) mass is 193 g/mol. The largest absolute Gasteiger partial charge is 0.245 e. The molecule has 0 fully saturated rings. The van der Waals surface area contributed by atoms with Crippen LogP contribution < -0.4 is 0 Å². The molecule has 0 bridgehead atoms. The lowest BCUT2D eigenvalue weighted by atomic mass is 10.5. The van der Waals surface area contributed by atoms with Crippen molar-refractivity contribution in [1.82, 2.24) is 4.98 Å². The minimum atomic E-state index is 0. The highest BCUT2D eigenvalue weighted by Gasteiger charge is 1.76. The predicted octanol–water partition coefficient (Wildman–Crippen LogP) is 2.31. The second kappa shape index (κ2) is 3.87. The van der Waals surface area contributed by atoms with E-state index in [4.69, 9.17) is 11.6 Å². The molecule has 44 valence electrons. The molecule has 0 saturated heterocycles. The lowest BCUT2D eigenvalue weighted by molar-refractivity contribution is 1.33. The SMILES string of the molecule is Br.Clc1ccccn1. The van der Waals surface area contributed by atoms with Crippen LogP contribution in [0.4, 0.5) is 0 Å². The van der Waals surface area contributed by atoms with Crippen LogP contribution in [-0.4, -0.2) is 4.98 Å². The van der Waals surface area contributed by atoms with Crippen LogP contribution in [-0.2, 0) is 0 Å². The topological polar surface area (TPSA) is 12.9 Å². The quantitative estimate of drug-likeness (QED) is 0.578. The zero-order valence-corrected chi connectivity index (χ0v) is 6.51. The first-order valence-electron chi connectivity index (χ1n) is 1.96. The van der Waals surface area contributed by atoms with Crippen LogP contribution >= 0.6 is 28.6 Å². The summed E-state index contributed by atoms with van der Waals surface area (Å²) in [6.45, 7) is 0. The summed E-state index contributed by atoms with van der Waals surface area (Å²) < 4.78 is 0. The van der Waals surface area contributed by atoms with Gasteiger partial charge in [0.2, 0.25) is 0 Å². The molecule has 1 rings (SSSR count). The Morgan fingerprint density at radius 2 is 2.12 bits per heavy atom. The number of aromatic nitrogens is 1. The fourth-order valence-corrected chi connectivity index (χ4v) is 0.471. The summed E-state index contributed by atoms with van der Waals surface area (Å²) in [5.41, 5.74) is 0. The molecule has 1 heterocycles. The van der Waals surface area contributed by atoms with Gasteiger partial charge in [0, 0.05) is 6.20 Å². The Morgan fingerprint density at radius 1 is 1.38 bits per heavy atom. The minimum absolute atomic E-state index is 0. The molecule has 0 atom stereocenters. The number of pyridine rings is 1. The summed E-state index contributed by atoms with van der Waals surface area (Å²) in [5, 5.41) is 0.544. The van der Waals surface area contributed by atoms with Gasteiger partial charge in [-0.25, -0.2) is 4.98 Å². The number of rotatable bonds is 0. The van der Waals surface area contributed by atoms with Crippen molar-refractivity contribution in [3.8, 4) is 0 Å². The van der Waals surface area contributed by atoms with Crippen molar-refractivity contribution in [2.75, 3.05) is 0 Å². The summed E-state index contributed by atoms with van der Waals surface area (Å²) in [6, 6.07) is 5.41. The van der Waals surface area contributed by atoms with Crippen LogP contribution in [0.2, 0.25) is 5.15 Å². The zero-order valence-electron chi connectivity index (χ0n) is 4.04. The highest BCUT2D eigenvalue weighted by atomic mass is 79.9. The van der Waals surface area contributed by atoms with E-state index in [0.717, 1.165) is 0 Å². The Bertz CT molecular complexity index is 142. The van der Waals surface area contributed by atoms with Crippen molar-refractivity contribution in [3.05, 3.63) is 29.5 Å². The van der Waals surface area contributed by atoms with Crippen LogP contribution in [0.1, 0.15) is 0 Å². The Hall–Kier alpha value is -0.0800. The number of nitrogens with zero attached hydrogens (tertiary/aromatic N) is 1. The number of halogens is 2. The molecule has 3 heteroatoms. The Kier molecular flexibility index (Phi) is 3.83. The second-order valence-electron chi connectivity index (χ2n) is 1.15. The molecular formula is C5H5BrClN. The van der Waals surface area contributed by atoms with Crippen molar-refractivity contribution in [2.24, 2.45) is 0 Å². The summed E-state index contributed by atoms with van der Waals surface area (Å²) in [5.74, 6) is 0. The average Bonchev–Trinajstić information content (AvgIpc) is 1.69. The maximum atomic E-state index is 5.43. The van der Waals surface area contributed by atoms with E-state index in [1.54, 1.807) is 12.3 Å². The average molecular weight is 194 g/mol. The first kappa shape index (κ1) is 7.92. The van der Waals surface area contributed by atoms with E-state index in [9.17, 15) is 0 Å². The first-order valence-corrected chi connectivity index (χ1v) is 2.34. The maximum Gasteiger partial charge on any atom is 0.129 e. The molecule has 0 radical (unpaired) electrons. The third-order valence-electron chi connectivity index (χ3n) is 0.629. The predicted molar refractivity (Wildman–Crippen MR) is 39.6 cm³/mol. The van der Waals surface area contributed by atoms with Crippen LogP contribution in [0.5, 0.6) is 0 Å². The van der Waals surface area contributed by atoms with Gasteiger partial charge >= 0.3 is 0 Å². The van der Waals surface area contributed by atoms with E-state index in [-0.39, 0.29) is 17.0 Å².